The topological polar surface area (TPSA) is 0 Å². The van der Waals surface area contributed by atoms with Crippen molar-refractivity contribution < 1.29 is 0 Å². The third-order valence-corrected chi connectivity index (χ3v) is 16.3. The van der Waals surface area contributed by atoms with Gasteiger partial charge in [-0.2, -0.15) is 0 Å². The van der Waals surface area contributed by atoms with Crippen molar-refractivity contribution >= 4 is 15.8 Å². The first-order valence-electron chi connectivity index (χ1n) is 13.3. The summed E-state index contributed by atoms with van der Waals surface area (Å²) in [5.41, 5.74) is 8.34. The summed E-state index contributed by atoms with van der Waals surface area (Å²) in [7, 11) is 0.515. The van der Waals surface area contributed by atoms with Crippen LogP contribution < -0.4 is 0 Å². The molecule has 0 aromatic heterocycles. The molecule has 0 aliphatic heterocycles. The van der Waals surface area contributed by atoms with E-state index in [0.29, 0.717) is 0 Å². The van der Waals surface area contributed by atoms with Crippen LogP contribution in [0.5, 0.6) is 0 Å². The molecule has 0 radical (unpaired) electrons. The normalized spacial score (nSPS) is 27.8. The molecule has 0 aromatic rings. The van der Waals surface area contributed by atoms with Gasteiger partial charge in [0, 0.05) is 0 Å². The zero-order valence-corrected chi connectivity index (χ0v) is 20.6. The van der Waals surface area contributed by atoms with Gasteiger partial charge in [0.15, 0.2) is 0 Å². The molecule has 0 N–H and O–H groups in total. The summed E-state index contributed by atoms with van der Waals surface area (Å²) in [6, 6.07) is 0. The molecule has 4 fully saturated rings. The second kappa shape index (κ2) is 10.3. The van der Waals surface area contributed by atoms with Gasteiger partial charge >= 0.3 is 0 Å². The fourth-order valence-electron chi connectivity index (χ4n) is 7.40. The summed E-state index contributed by atoms with van der Waals surface area (Å²) in [5, 5.41) is 0. The highest BCUT2D eigenvalue weighted by molar-refractivity contribution is 7.60. The summed E-state index contributed by atoms with van der Waals surface area (Å²) in [6.45, 7) is 0. The zero-order chi connectivity index (χ0) is 19.5. The van der Waals surface area contributed by atoms with E-state index >= 15 is 0 Å². The average Bonchev–Trinajstić information content (AvgIpc) is 3.57. The maximum absolute atomic E-state index is 2.62. The molecular weight excluding hydrogens is 386 g/mol. The van der Waals surface area contributed by atoms with E-state index in [-0.39, 0.29) is 15.8 Å². The minimum Gasteiger partial charge on any atom is -0.0962 e. The molecule has 0 heterocycles. The third kappa shape index (κ3) is 5.06. The van der Waals surface area contributed by atoms with Crippen LogP contribution in [0.3, 0.4) is 0 Å². The summed E-state index contributed by atoms with van der Waals surface area (Å²) in [4.78, 5) is 0. The van der Waals surface area contributed by atoms with Gasteiger partial charge in [-0.15, -0.1) is 0 Å². The summed E-state index contributed by atoms with van der Waals surface area (Å²) < 4.78 is 0. The molecule has 29 heavy (non-hydrogen) atoms. The minimum atomic E-state index is 0.252. The molecule has 0 saturated heterocycles. The molecule has 0 atom stereocenters. The second-order valence-corrected chi connectivity index (χ2v) is 16.4. The van der Waals surface area contributed by atoms with Gasteiger partial charge in [0.25, 0.3) is 0 Å². The molecule has 5 aliphatic rings. The molecule has 0 bridgehead atoms. The Morgan fingerprint density at radius 2 is 0.931 bits per heavy atom. The predicted octanol–water partition coefficient (Wildman–Crippen LogP) is 8.98. The van der Waals surface area contributed by atoms with Crippen molar-refractivity contribution in [1.29, 1.82) is 0 Å². The number of allylic oxidation sites excluding steroid dienone is 4. The van der Waals surface area contributed by atoms with Crippen LogP contribution in [0.15, 0.2) is 23.3 Å². The van der Waals surface area contributed by atoms with Gasteiger partial charge in [-0.05, 0) is 98.3 Å². The summed E-state index contributed by atoms with van der Waals surface area (Å²) >= 11 is 0. The Hall–Kier alpha value is 0.340. The summed E-state index contributed by atoms with van der Waals surface area (Å²) in [6.07, 6.45) is 34.5. The second-order valence-electron chi connectivity index (χ2n) is 10.8. The van der Waals surface area contributed by atoms with E-state index in [1.54, 1.807) is 57.5 Å². The van der Waals surface area contributed by atoms with Crippen molar-refractivity contribution in [2.45, 2.75) is 132 Å². The molecule has 5 aliphatic carbocycles. The van der Waals surface area contributed by atoms with E-state index in [4.69, 9.17) is 0 Å². The first kappa shape index (κ1) is 21.2. The van der Waals surface area contributed by atoms with E-state index in [1.165, 1.54) is 63.9 Å². The van der Waals surface area contributed by atoms with Gasteiger partial charge in [0.1, 0.15) is 0 Å². The van der Waals surface area contributed by atoms with E-state index in [9.17, 15) is 0 Å². The smallest absolute Gasteiger partial charge is 0.00684 e. The monoisotopic (exact) mass is 430 g/mol. The van der Waals surface area contributed by atoms with Crippen LogP contribution in [0, 0.1) is 0 Å². The van der Waals surface area contributed by atoms with Gasteiger partial charge in [-0.25, -0.2) is 0 Å². The van der Waals surface area contributed by atoms with E-state index in [0.717, 1.165) is 22.6 Å². The van der Waals surface area contributed by atoms with Crippen molar-refractivity contribution in [3.05, 3.63) is 23.3 Å². The van der Waals surface area contributed by atoms with Crippen LogP contribution in [-0.2, 0) is 0 Å². The number of hydrogen-bond acceptors (Lipinski definition) is 0. The molecule has 0 spiro atoms. The highest BCUT2D eigenvalue weighted by atomic mass is 31.1. The highest BCUT2D eigenvalue weighted by Gasteiger charge is 2.36. The van der Waals surface area contributed by atoms with Crippen LogP contribution in [0.1, 0.15) is 109 Å². The van der Waals surface area contributed by atoms with Crippen molar-refractivity contribution in [3.8, 4) is 0 Å². The molecule has 162 valence electrons. The van der Waals surface area contributed by atoms with Crippen molar-refractivity contribution in [3.63, 3.8) is 0 Å². The Balaban J connectivity index is 1.32. The summed E-state index contributed by atoms with van der Waals surface area (Å²) in [5.74, 6) is 0. The van der Waals surface area contributed by atoms with Crippen LogP contribution in [0.4, 0.5) is 0 Å². The maximum atomic E-state index is 2.62. The Kier molecular flexibility index (Phi) is 7.53. The van der Waals surface area contributed by atoms with Gasteiger partial charge < -0.3 is 0 Å². The Bertz CT molecular complexity index is 550. The van der Waals surface area contributed by atoms with E-state index in [1.807, 2.05) is 11.1 Å². The molecule has 5 rings (SSSR count). The predicted molar refractivity (Wildman–Crippen MR) is 133 cm³/mol. The lowest BCUT2D eigenvalue weighted by atomic mass is 10.2. The lowest BCUT2D eigenvalue weighted by Gasteiger charge is -2.33. The van der Waals surface area contributed by atoms with Crippen LogP contribution in [0.2, 0.25) is 0 Å². The quantitative estimate of drug-likeness (QED) is 0.337. The molecule has 4 saturated carbocycles. The largest absolute Gasteiger partial charge is 0.0962 e. The van der Waals surface area contributed by atoms with E-state index in [2.05, 4.69) is 12.2 Å². The Morgan fingerprint density at radius 1 is 0.552 bits per heavy atom. The number of hydrogen-bond donors (Lipinski definition) is 0. The Morgan fingerprint density at radius 3 is 1.34 bits per heavy atom. The molecule has 2 heteroatoms. The van der Waals surface area contributed by atoms with Gasteiger partial charge in [-0.1, -0.05) is 84.9 Å². The Labute approximate surface area is 183 Å². The third-order valence-electron chi connectivity index (χ3n) is 9.04. The lowest BCUT2D eigenvalue weighted by Crippen LogP contribution is -2.16. The zero-order valence-electron chi connectivity index (χ0n) is 18.8. The van der Waals surface area contributed by atoms with Crippen molar-refractivity contribution in [2.75, 3.05) is 12.3 Å². The first-order chi connectivity index (χ1) is 14.4. The lowest BCUT2D eigenvalue weighted by molar-refractivity contribution is 0.824. The highest BCUT2D eigenvalue weighted by Crippen LogP contribution is 2.61. The van der Waals surface area contributed by atoms with Crippen LogP contribution in [0.25, 0.3) is 0 Å². The minimum absolute atomic E-state index is 0.252. The standard InChI is InChI=1S/C27H44P2/c1-2-13-24(12-1)28(25-14-3-4-15-25)20-22-10-9-11-23(22)21-29(26-16-5-6-17-26)27-18-7-8-19-27/h9-10,24-27H,1-8,11-21H2. The SMILES string of the molecule is C1=CC(CP(C2CCCC2)C2CCCC2)=C(CP(C2CCCC2)C2CCCC2)C1. The molecular formula is C27H44P2. The van der Waals surface area contributed by atoms with Gasteiger partial charge in [0.2, 0.25) is 0 Å². The molecule has 0 nitrogen and oxygen atoms in total. The molecule has 0 unspecified atom stereocenters. The van der Waals surface area contributed by atoms with E-state index < -0.39 is 0 Å². The number of rotatable bonds is 8. The van der Waals surface area contributed by atoms with Crippen LogP contribution >= 0.6 is 15.8 Å². The van der Waals surface area contributed by atoms with Crippen molar-refractivity contribution in [1.82, 2.24) is 0 Å². The van der Waals surface area contributed by atoms with Gasteiger partial charge in [0.05, 0.1) is 0 Å². The fraction of sp³-hybridized carbons (Fsp3) is 0.852. The maximum Gasteiger partial charge on any atom is -0.00684 e. The van der Waals surface area contributed by atoms with Gasteiger partial charge in [-0.3, -0.25) is 0 Å². The van der Waals surface area contributed by atoms with Crippen LogP contribution in [-0.4, -0.2) is 35.0 Å². The average molecular weight is 431 g/mol. The van der Waals surface area contributed by atoms with Crippen molar-refractivity contribution in [2.24, 2.45) is 0 Å². The fourth-order valence-corrected chi connectivity index (χ4v) is 15.2. The molecule has 0 aromatic carbocycles. The molecule has 0 amide bonds. The first-order valence-corrected chi connectivity index (χ1v) is 16.6.